The van der Waals surface area contributed by atoms with Gasteiger partial charge in [0.25, 0.3) is 0 Å². The third-order valence-electron chi connectivity index (χ3n) is 4.77. The van der Waals surface area contributed by atoms with E-state index in [0.29, 0.717) is 17.4 Å². The first-order valence-electron chi connectivity index (χ1n) is 9.91. The van der Waals surface area contributed by atoms with Crippen LogP contribution in [0.4, 0.5) is 5.95 Å². The van der Waals surface area contributed by atoms with Crippen LogP contribution in [-0.4, -0.2) is 26.0 Å². The summed E-state index contributed by atoms with van der Waals surface area (Å²) in [5.74, 6) is 1.13. The van der Waals surface area contributed by atoms with Gasteiger partial charge in [-0.25, -0.2) is 20.1 Å². The first-order chi connectivity index (χ1) is 15.2. The summed E-state index contributed by atoms with van der Waals surface area (Å²) in [5.41, 5.74) is 7.94. The van der Waals surface area contributed by atoms with Gasteiger partial charge in [0.15, 0.2) is 5.76 Å². The minimum Gasteiger partial charge on any atom is -0.454 e. The quantitative estimate of drug-likeness (QED) is 0.322. The Morgan fingerprint density at radius 3 is 2.45 bits per heavy atom. The van der Waals surface area contributed by atoms with Gasteiger partial charge in [-0.3, -0.25) is 0 Å². The SMILES string of the molecule is Cc1cc(C)nc(NN=Cc2cn(-c3ccccc3)nc2-c2cc3ccccc3o2)n1. The molecule has 152 valence electrons. The van der Waals surface area contributed by atoms with Crippen molar-refractivity contribution in [2.45, 2.75) is 13.8 Å². The molecular weight excluding hydrogens is 388 g/mol. The average molecular weight is 408 g/mol. The molecule has 0 unspecified atom stereocenters. The molecule has 31 heavy (non-hydrogen) atoms. The highest BCUT2D eigenvalue weighted by Gasteiger charge is 2.15. The highest BCUT2D eigenvalue weighted by Crippen LogP contribution is 2.29. The van der Waals surface area contributed by atoms with E-state index in [9.17, 15) is 0 Å². The van der Waals surface area contributed by atoms with Crippen molar-refractivity contribution in [3.05, 3.63) is 89.9 Å². The van der Waals surface area contributed by atoms with E-state index in [1.807, 2.05) is 91.5 Å². The fourth-order valence-electron chi connectivity index (χ4n) is 3.42. The van der Waals surface area contributed by atoms with Gasteiger partial charge in [-0.15, -0.1) is 0 Å². The van der Waals surface area contributed by atoms with Crippen molar-refractivity contribution in [1.82, 2.24) is 19.7 Å². The van der Waals surface area contributed by atoms with Crippen LogP contribution in [0.3, 0.4) is 0 Å². The lowest BCUT2D eigenvalue weighted by Gasteiger charge is -2.01. The number of para-hydroxylation sites is 2. The summed E-state index contributed by atoms with van der Waals surface area (Å²) < 4.78 is 7.87. The number of hydrogen-bond acceptors (Lipinski definition) is 6. The standard InChI is InChI=1S/C24H20N6O/c1-16-12-17(2)27-24(26-16)28-25-14-19-15-30(20-9-4-3-5-10-20)29-23(19)22-13-18-8-6-7-11-21(18)31-22/h3-15H,1-2H3,(H,26,27,28). The Kier molecular flexibility index (Phi) is 4.76. The smallest absolute Gasteiger partial charge is 0.243 e. The van der Waals surface area contributed by atoms with Crippen LogP contribution in [0.2, 0.25) is 0 Å². The fraction of sp³-hybridized carbons (Fsp3) is 0.0833. The number of aromatic nitrogens is 4. The molecule has 0 radical (unpaired) electrons. The summed E-state index contributed by atoms with van der Waals surface area (Å²) in [6, 6.07) is 21.7. The van der Waals surface area contributed by atoms with E-state index in [4.69, 9.17) is 9.52 Å². The maximum atomic E-state index is 6.06. The number of fused-ring (bicyclic) bond motifs is 1. The number of rotatable bonds is 5. The first kappa shape index (κ1) is 18.7. The zero-order valence-corrected chi connectivity index (χ0v) is 17.1. The molecule has 0 aliphatic carbocycles. The van der Waals surface area contributed by atoms with Gasteiger partial charge in [-0.2, -0.15) is 10.2 Å². The lowest BCUT2D eigenvalue weighted by molar-refractivity contribution is 0.627. The molecule has 3 aromatic heterocycles. The van der Waals surface area contributed by atoms with Crippen molar-refractivity contribution in [3.63, 3.8) is 0 Å². The molecule has 2 aromatic carbocycles. The highest BCUT2D eigenvalue weighted by atomic mass is 16.3. The van der Waals surface area contributed by atoms with Crippen LogP contribution < -0.4 is 5.43 Å². The number of aryl methyl sites for hydroxylation is 2. The van der Waals surface area contributed by atoms with Crippen LogP contribution in [0.5, 0.6) is 0 Å². The van der Waals surface area contributed by atoms with Crippen molar-refractivity contribution in [1.29, 1.82) is 0 Å². The van der Waals surface area contributed by atoms with E-state index < -0.39 is 0 Å². The number of hydrazone groups is 1. The lowest BCUT2D eigenvalue weighted by Crippen LogP contribution is -1.99. The van der Waals surface area contributed by atoms with Crippen molar-refractivity contribution in [2.75, 3.05) is 5.43 Å². The topological polar surface area (TPSA) is 81.1 Å². The molecule has 0 fully saturated rings. The van der Waals surface area contributed by atoms with E-state index in [1.165, 1.54) is 0 Å². The van der Waals surface area contributed by atoms with Gasteiger partial charge in [0, 0.05) is 28.5 Å². The number of benzene rings is 2. The molecule has 5 rings (SSSR count). The molecule has 0 saturated heterocycles. The van der Waals surface area contributed by atoms with E-state index in [2.05, 4.69) is 20.5 Å². The van der Waals surface area contributed by atoms with Gasteiger partial charge in [0.05, 0.1) is 11.9 Å². The van der Waals surface area contributed by atoms with Gasteiger partial charge in [0.2, 0.25) is 5.95 Å². The molecule has 0 bridgehead atoms. The fourth-order valence-corrected chi connectivity index (χ4v) is 3.42. The molecular formula is C24H20N6O. The van der Waals surface area contributed by atoms with Crippen molar-refractivity contribution < 1.29 is 4.42 Å². The Labute approximate surface area is 179 Å². The third-order valence-corrected chi connectivity index (χ3v) is 4.77. The second kappa shape index (κ2) is 7.87. The van der Waals surface area contributed by atoms with Crippen molar-refractivity contribution >= 4 is 23.1 Å². The Hall–Kier alpha value is -4.26. The summed E-state index contributed by atoms with van der Waals surface area (Å²) in [5, 5.41) is 10.1. The Balaban J connectivity index is 1.53. The molecule has 1 N–H and O–H groups in total. The molecule has 7 nitrogen and oxygen atoms in total. The maximum Gasteiger partial charge on any atom is 0.243 e. The maximum absolute atomic E-state index is 6.06. The van der Waals surface area contributed by atoms with E-state index >= 15 is 0 Å². The predicted molar refractivity (Wildman–Crippen MR) is 121 cm³/mol. The molecule has 7 heteroatoms. The lowest BCUT2D eigenvalue weighted by atomic mass is 10.2. The average Bonchev–Trinajstić information content (AvgIpc) is 3.38. The molecule has 0 saturated carbocycles. The monoisotopic (exact) mass is 408 g/mol. The summed E-state index contributed by atoms with van der Waals surface area (Å²) in [6.07, 6.45) is 3.63. The van der Waals surface area contributed by atoms with Crippen molar-refractivity contribution in [3.8, 4) is 17.1 Å². The molecule has 0 spiro atoms. The van der Waals surface area contributed by atoms with Crippen LogP contribution in [0.15, 0.2) is 82.4 Å². The minimum atomic E-state index is 0.453. The zero-order valence-electron chi connectivity index (χ0n) is 17.1. The molecule has 0 aliphatic heterocycles. The molecule has 3 heterocycles. The van der Waals surface area contributed by atoms with Gasteiger partial charge in [-0.1, -0.05) is 36.4 Å². The first-order valence-corrected chi connectivity index (χ1v) is 9.91. The van der Waals surface area contributed by atoms with Crippen LogP contribution >= 0.6 is 0 Å². The predicted octanol–water partition coefficient (Wildman–Crippen LogP) is 5.14. The van der Waals surface area contributed by atoms with Crippen LogP contribution in [0, 0.1) is 13.8 Å². The van der Waals surface area contributed by atoms with Crippen LogP contribution in [-0.2, 0) is 0 Å². The number of hydrogen-bond donors (Lipinski definition) is 1. The van der Waals surface area contributed by atoms with Gasteiger partial charge < -0.3 is 4.42 Å². The molecule has 5 aromatic rings. The summed E-state index contributed by atoms with van der Waals surface area (Å²) in [4.78, 5) is 8.70. The second-order valence-corrected chi connectivity index (χ2v) is 7.21. The Morgan fingerprint density at radius 1 is 0.935 bits per heavy atom. The molecule has 0 aliphatic rings. The summed E-state index contributed by atoms with van der Waals surface area (Å²) in [6.45, 7) is 3.85. The van der Waals surface area contributed by atoms with Gasteiger partial charge >= 0.3 is 0 Å². The minimum absolute atomic E-state index is 0.453. The Bertz CT molecular complexity index is 1330. The number of nitrogens with zero attached hydrogens (tertiary/aromatic N) is 5. The second-order valence-electron chi connectivity index (χ2n) is 7.21. The molecule has 0 atom stereocenters. The van der Waals surface area contributed by atoms with Gasteiger partial charge in [-0.05, 0) is 44.2 Å². The summed E-state index contributed by atoms with van der Waals surface area (Å²) in [7, 11) is 0. The number of furan rings is 1. The van der Waals surface area contributed by atoms with E-state index in [-0.39, 0.29) is 0 Å². The van der Waals surface area contributed by atoms with Crippen LogP contribution in [0.1, 0.15) is 17.0 Å². The molecule has 0 amide bonds. The highest BCUT2D eigenvalue weighted by molar-refractivity contribution is 5.90. The van der Waals surface area contributed by atoms with E-state index in [0.717, 1.165) is 33.6 Å². The van der Waals surface area contributed by atoms with Crippen LogP contribution in [0.25, 0.3) is 28.1 Å². The van der Waals surface area contributed by atoms with Gasteiger partial charge in [0.1, 0.15) is 11.3 Å². The Morgan fingerprint density at radius 2 is 1.68 bits per heavy atom. The van der Waals surface area contributed by atoms with Crippen molar-refractivity contribution in [2.24, 2.45) is 5.10 Å². The number of anilines is 1. The van der Waals surface area contributed by atoms with E-state index in [1.54, 1.807) is 6.21 Å². The summed E-state index contributed by atoms with van der Waals surface area (Å²) >= 11 is 0. The zero-order chi connectivity index (χ0) is 21.2. The normalized spacial score (nSPS) is 11.4. The number of nitrogens with one attached hydrogen (secondary N) is 1. The largest absolute Gasteiger partial charge is 0.454 e. The third kappa shape index (κ3) is 3.93.